The summed E-state index contributed by atoms with van der Waals surface area (Å²) in [7, 11) is 1.83. The number of aryl methyl sites for hydroxylation is 1. The lowest BCUT2D eigenvalue weighted by molar-refractivity contribution is -0.140. The van der Waals surface area contributed by atoms with E-state index in [4.69, 9.17) is 4.42 Å². The molecule has 1 aliphatic heterocycles. The minimum absolute atomic E-state index is 0.0483. The average Bonchev–Trinajstić information content (AvgIpc) is 3.19. The first-order chi connectivity index (χ1) is 14.4. The third kappa shape index (κ3) is 3.67. The fourth-order valence-corrected chi connectivity index (χ4v) is 4.56. The molecule has 30 heavy (non-hydrogen) atoms. The fourth-order valence-electron chi connectivity index (χ4n) is 4.56. The normalized spacial score (nSPS) is 18.4. The molecule has 8 nitrogen and oxygen atoms in total. The van der Waals surface area contributed by atoms with Crippen molar-refractivity contribution in [2.45, 2.75) is 57.5 Å². The number of fused-ring (bicyclic) bond motifs is 1. The van der Waals surface area contributed by atoms with Crippen LogP contribution in [0.2, 0.25) is 0 Å². The maximum Gasteiger partial charge on any atom is 0.344 e. The number of likely N-dealkylation sites (N-methyl/N-ethyl adjacent to an activating group) is 1. The van der Waals surface area contributed by atoms with Gasteiger partial charge in [-0.25, -0.2) is 4.79 Å². The fraction of sp³-hybridized carbons (Fsp3) is 0.500. The van der Waals surface area contributed by atoms with Crippen molar-refractivity contribution in [3.63, 3.8) is 0 Å². The topological polar surface area (TPSA) is 94.9 Å². The lowest BCUT2D eigenvalue weighted by Crippen LogP contribution is -2.52. The van der Waals surface area contributed by atoms with Crippen LogP contribution in [-0.2, 0) is 22.6 Å². The van der Waals surface area contributed by atoms with Crippen LogP contribution in [0.3, 0.4) is 0 Å². The molecule has 1 saturated heterocycles. The van der Waals surface area contributed by atoms with Crippen molar-refractivity contribution in [1.29, 1.82) is 0 Å². The van der Waals surface area contributed by atoms with Crippen molar-refractivity contribution in [3.8, 4) is 0 Å². The molecule has 0 radical (unpaired) electrons. The molecule has 1 aliphatic carbocycles. The van der Waals surface area contributed by atoms with Gasteiger partial charge in [-0.2, -0.15) is 5.01 Å². The first kappa shape index (κ1) is 20.4. The number of furan rings is 1. The highest BCUT2D eigenvalue weighted by atomic mass is 16.3. The van der Waals surface area contributed by atoms with Gasteiger partial charge in [0.1, 0.15) is 16.9 Å². The van der Waals surface area contributed by atoms with E-state index in [0.717, 1.165) is 53.0 Å². The molecule has 2 heterocycles. The predicted octanol–water partition coefficient (Wildman–Crippen LogP) is 2.71. The number of rotatable bonds is 6. The monoisotopic (exact) mass is 412 g/mol. The van der Waals surface area contributed by atoms with Crippen LogP contribution in [0.1, 0.15) is 50.4 Å². The smallest absolute Gasteiger partial charge is 0.344 e. The molecule has 1 spiro atoms. The summed E-state index contributed by atoms with van der Waals surface area (Å²) in [5.41, 5.74) is 3.53. The van der Waals surface area contributed by atoms with E-state index in [1.165, 1.54) is 0 Å². The molecule has 2 fully saturated rings. The van der Waals surface area contributed by atoms with Crippen molar-refractivity contribution < 1.29 is 18.8 Å². The lowest BCUT2D eigenvalue weighted by Gasteiger charge is -2.30. The Morgan fingerprint density at radius 3 is 2.70 bits per heavy atom. The number of hydrazine groups is 1. The van der Waals surface area contributed by atoms with Crippen molar-refractivity contribution in [1.82, 2.24) is 20.7 Å². The Kier molecular flexibility index (Phi) is 5.51. The second-order valence-electron chi connectivity index (χ2n) is 8.27. The molecule has 0 atom stereocenters. The number of carbonyl (C=O) groups is 3. The SMILES string of the molecule is CCc1oc2ccccc2c1CN(C)CC(=O)NN1C(=O)NC2(CCCCC2)C1=O. The molecule has 2 aromatic rings. The van der Waals surface area contributed by atoms with Crippen LogP contribution in [0.25, 0.3) is 11.0 Å². The summed E-state index contributed by atoms with van der Waals surface area (Å²) in [4.78, 5) is 39.5. The highest BCUT2D eigenvalue weighted by Crippen LogP contribution is 2.33. The highest BCUT2D eigenvalue weighted by molar-refractivity contribution is 6.08. The van der Waals surface area contributed by atoms with Gasteiger partial charge in [0.2, 0.25) is 0 Å². The number of carbonyl (C=O) groups excluding carboxylic acids is 3. The van der Waals surface area contributed by atoms with Gasteiger partial charge in [0.15, 0.2) is 0 Å². The number of para-hydroxylation sites is 1. The van der Waals surface area contributed by atoms with Crippen molar-refractivity contribution in [3.05, 3.63) is 35.6 Å². The molecule has 1 aromatic carbocycles. The second-order valence-corrected chi connectivity index (χ2v) is 8.27. The molecular weight excluding hydrogens is 384 g/mol. The first-order valence-electron chi connectivity index (χ1n) is 10.6. The largest absolute Gasteiger partial charge is 0.461 e. The Labute approximate surface area is 175 Å². The molecule has 2 N–H and O–H groups in total. The Balaban J connectivity index is 1.40. The van der Waals surface area contributed by atoms with Crippen LogP contribution in [0.4, 0.5) is 4.79 Å². The maximum absolute atomic E-state index is 12.8. The van der Waals surface area contributed by atoms with Crippen molar-refractivity contribution in [2.24, 2.45) is 0 Å². The van der Waals surface area contributed by atoms with E-state index in [9.17, 15) is 14.4 Å². The minimum Gasteiger partial charge on any atom is -0.461 e. The lowest BCUT2D eigenvalue weighted by atomic mass is 9.82. The zero-order chi connectivity index (χ0) is 21.3. The number of hydrogen-bond donors (Lipinski definition) is 2. The van der Waals surface area contributed by atoms with Crippen molar-refractivity contribution in [2.75, 3.05) is 13.6 Å². The average molecular weight is 412 g/mol. The number of imide groups is 1. The standard InChI is InChI=1S/C22H28N4O4/c1-3-17-16(15-9-5-6-10-18(15)30-17)13-25(2)14-19(27)24-26-20(28)22(23-21(26)29)11-7-4-8-12-22/h5-6,9-10H,3-4,7-8,11-14H2,1-2H3,(H,23,29)(H,24,27). The second kappa shape index (κ2) is 8.10. The van der Waals surface area contributed by atoms with Gasteiger partial charge in [-0.1, -0.05) is 44.4 Å². The Morgan fingerprint density at radius 1 is 1.23 bits per heavy atom. The van der Waals surface area contributed by atoms with Crippen LogP contribution < -0.4 is 10.7 Å². The molecule has 2 aliphatic rings. The zero-order valence-corrected chi connectivity index (χ0v) is 17.5. The van der Waals surface area contributed by atoms with Crippen LogP contribution in [0, 0.1) is 0 Å². The van der Waals surface area contributed by atoms with E-state index >= 15 is 0 Å². The van der Waals surface area contributed by atoms with E-state index in [1.54, 1.807) is 0 Å². The Hall–Kier alpha value is -2.87. The Bertz CT molecular complexity index is 977. The summed E-state index contributed by atoms with van der Waals surface area (Å²) in [5.74, 6) is 0.147. The Morgan fingerprint density at radius 2 is 1.97 bits per heavy atom. The van der Waals surface area contributed by atoms with E-state index < -0.39 is 17.5 Å². The van der Waals surface area contributed by atoms with Crippen LogP contribution in [0.15, 0.2) is 28.7 Å². The van der Waals surface area contributed by atoms with Gasteiger partial charge in [-0.3, -0.25) is 19.9 Å². The third-order valence-electron chi connectivity index (χ3n) is 6.05. The summed E-state index contributed by atoms with van der Waals surface area (Å²) < 4.78 is 5.92. The number of benzene rings is 1. The van der Waals surface area contributed by atoms with Gasteiger partial charge in [0, 0.05) is 23.9 Å². The van der Waals surface area contributed by atoms with Crippen LogP contribution in [-0.4, -0.2) is 46.9 Å². The third-order valence-corrected chi connectivity index (χ3v) is 6.05. The summed E-state index contributed by atoms with van der Waals surface area (Å²) in [5, 5.41) is 4.69. The van der Waals surface area contributed by atoms with Gasteiger partial charge in [0.25, 0.3) is 11.8 Å². The highest BCUT2D eigenvalue weighted by Gasteiger charge is 2.52. The van der Waals surface area contributed by atoms with Gasteiger partial charge in [0.05, 0.1) is 6.54 Å². The molecule has 4 rings (SSSR count). The quantitative estimate of drug-likeness (QED) is 0.712. The van der Waals surface area contributed by atoms with Gasteiger partial charge >= 0.3 is 6.03 Å². The van der Waals surface area contributed by atoms with Crippen LogP contribution in [0.5, 0.6) is 0 Å². The summed E-state index contributed by atoms with van der Waals surface area (Å²) >= 11 is 0. The maximum atomic E-state index is 12.8. The van der Waals surface area contributed by atoms with Gasteiger partial charge < -0.3 is 9.73 Å². The summed E-state index contributed by atoms with van der Waals surface area (Å²) in [6, 6.07) is 7.30. The van der Waals surface area contributed by atoms with E-state index in [-0.39, 0.29) is 12.5 Å². The molecule has 0 bridgehead atoms. The minimum atomic E-state index is -0.847. The molecule has 8 heteroatoms. The summed E-state index contributed by atoms with van der Waals surface area (Å²) in [6.45, 7) is 2.61. The zero-order valence-electron chi connectivity index (χ0n) is 17.5. The van der Waals surface area contributed by atoms with E-state index in [0.29, 0.717) is 19.4 Å². The van der Waals surface area contributed by atoms with Crippen molar-refractivity contribution >= 4 is 28.8 Å². The van der Waals surface area contributed by atoms with E-state index in [1.807, 2.05) is 43.1 Å². The van der Waals surface area contributed by atoms with Crippen LogP contribution >= 0.6 is 0 Å². The number of amides is 4. The molecule has 0 unspecified atom stereocenters. The van der Waals surface area contributed by atoms with Gasteiger partial charge in [-0.15, -0.1) is 0 Å². The molecule has 4 amide bonds. The number of hydrogen-bond acceptors (Lipinski definition) is 5. The molecular formula is C22H28N4O4. The van der Waals surface area contributed by atoms with Gasteiger partial charge in [-0.05, 0) is 26.0 Å². The molecule has 160 valence electrons. The number of nitrogens with one attached hydrogen (secondary N) is 2. The predicted molar refractivity (Wildman–Crippen MR) is 111 cm³/mol. The van der Waals surface area contributed by atoms with E-state index in [2.05, 4.69) is 10.7 Å². The first-order valence-corrected chi connectivity index (χ1v) is 10.6. The number of urea groups is 1. The molecule has 1 saturated carbocycles. The summed E-state index contributed by atoms with van der Waals surface area (Å²) in [6.07, 6.45) is 4.86. The number of nitrogens with zero attached hydrogens (tertiary/aromatic N) is 2. The molecule has 1 aromatic heterocycles.